The van der Waals surface area contributed by atoms with Crippen molar-refractivity contribution in [1.29, 1.82) is 0 Å². The molecule has 1 aliphatic rings. The molecule has 4 nitrogen and oxygen atoms in total. The Labute approximate surface area is 106 Å². The summed E-state index contributed by atoms with van der Waals surface area (Å²) in [6, 6.07) is 9.42. The zero-order chi connectivity index (χ0) is 12.5. The molecule has 1 unspecified atom stereocenters. The van der Waals surface area contributed by atoms with Crippen LogP contribution in [0.2, 0.25) is 0 Å². The largest absolute Gasteiger partial charge is 0.490 e. The molecule has 0 aliphatic heterocycles. The van der Waals surface area contributed by atoms with Crippen LogP contribution >= 0.6 is 0 Å². The standard InChI is InChI=1S/C14H16N2O2/c1-16-8-7-13(15-16)14(17)10-3-2-4-12(9-10)18-11-5-6-11/h2-4,7-9,11,14,17H,5-6H2,1H3. The number of hydrogen-bond acceptors (Lipinski definition) is 3. The van der Waals surface area contributed by atoms with Gasteiger partial charge in [-0.15, -0.1) is 0 Å². The van der Waals surface area contributed by atoms with Crippen LogP contribution in [0.15, 0.2) is 36.5 Å². The fourth-order valence-corrected chi connectivity index (χ4v) is 1.89. The van der Waals surface area contributed by atoms with E-state index in [1.54, 1.807) is 4.68 Å². The number of rotatable bonds is 4. The van der Waals surface area contributed by atoms with E-state index in [4.69, 9.17) is 4.74 Å². The molecule has 1 aromatic carbocycles. The van der Waals surface area contributed by atoms with Crippen molar-refractivity contribution in [2.75, 3.05) is 0 Å². The van der Waals surface area contributed by atoms with Crippen molar-refractivity contribution in [2.45, 2.75) is 25.0 Å². The molecule has 1 heterocycles. The first-order chi connectivity index (χ1) is 8.72. The third kappa shape index (κ3) is 2.38. The van der Waals surface area contributed by atoms with Crippen LogP contribution in [0.4, 0.5) is 0 Å². The molecule has 1 aliphatic carbocycles. The molecule has 1 fully saturated rings. The molecule has 0 amide bonds. The van der Waals surface area contributed by atoms with E-state index in [2.05, 4.69) is 5.10 Å². The normalized spacial score (nSPS) is 16.6. The van der Waals surface area contributed by atoms with Crippen molar-refractivity contribution in [3.8, 4) is 5.75 Å². The highest BCUT2D eigenvalue weighted by molar-refractivity contribution is 5.33. The molecule has 0 bridgehead atoms. The van der Waals surface area contributed by atoms with E-state index in [1.807, 2.05) is 43.6 Å². The maximum absolute atomic E-state index is 10.2. The predicted octanol–water partition coefficient (Wildman–Crippen LogP) is 2.04. The van der Waals surface area contributed by atoms with E-state index >= 15 is 0 Å². The first kappa shape index (κ1) is 11.3. The van der Waals surface area contributed by atoms with Crippen LogP contribution in [0.3, 0.4) is 0 Å². The van der Waals surface area contributed by atoms with Crippen LogP contribution in [0.25, 0.3) is 0 Å². The number of aliphatic hydroxyl groups excluding tert-OH is 1. The molecule has 1 saturated carbocycles. The van der Waals surface area contributed by atoms with Gasteiger partial charge in [-0.1, -0.05) is 12.1 Å². The third-order valence-corrected chi connectivity index (χ3v) is 3.02. The van der Waals surface area contributed by atoms with Gasteiger partial charge in [-0.2, -0.15) is 5.10 Å². The van der Waals surface area contributed by atoms with Gasteiger partial charge in [0.2, 0.25) is 0 Å². The van der Waals surface area contributed by atoms with Gasteiger partial charge in [0.15, 0.2) is 0 Å². The Bertz CT molecular complexity index is 546. The molecule has 0 saturated heterocycles. The number of aliphatic hydroxyl groups is 1. The second-order valence-electron chi connectivity index (χ2n) is 4.71. The summed E-state index contributed by atoms with van der Waals surface area (Å²) < 4.78 is 7.40. The number of hydrogen-bond donors (Lipinski definition) is 1. The van der Waals surface area contributed by atoms with Gasteiger partial charge in [0, 0.05) is 13.2 Å². The van der Waals surface area contributed by atoms with Gasteiger partial charge in [-0.3, -0.25) is 4.68 Å². The molecule has 18 heavy (non-hydrogen) atoms. The molecular weight excluding hydrogens is 228 g/mol. The van der Waals surface area contributed by atoms with Gasteiger partial charge in [0.25, 0.3) is 0 Å². The van der Waals surface area contributed by atoms with Crippen molar-refractivity contribution < 1.29 is 9.84 Å². The highest BCUT2D eigenvalue weighted by Gasteiger charge is 2.23. The van der Waals surface area contributed by atoms with Crippen molar-refractivity contribution >= 4 is 0 Å². The lowest BCUT2D eigenvalue weighted by Gasteiger charge is -2.10. The molecule has 2 aromatic rings. The van der Waals surface area contributed by atoms with Crippen molar-refractivity contribution in [1.82, 2.24) is 9.78 Å². The van der Waals surface area contributed by atoms with Crippen LogP contribution in [-0.4, -0.2) is 21.0 Å². The second kappa shape index (κ2) is 4.46. The average Bonchev–Trinajstić information content (AvgIpc) is 3.08. The van der Waals surface area contributed by atoms with Gasteiger partial charge in [0.05, 0.1) is 11.8 Å². The van der Waals surface area contributed by atoms with Crippen LogP contribution < -0.4 is 4.74 Å². The molecule has 1 aromatic heterocycles. The average molecular weight is 244 g/mol. The fraction of sp³-hybridized carbons (Fsp3) is 0.357. The minimum absolute atomic E-state index is 0.368. The monoisotopic (exact) mass is 244 g/mol. The lowest BCUT2D eigenvalue weighted by Crippen LogP contribution is -2.03. The van der Waals surface area contributed by atoms with E-state index in [-0.39, 0.29) is 0 Å². The molecule has 94 valence electrons. The molecule has 4 heteroatoms. The summed E-state index contributed by atoms with van der Waals surface area (Å²) in [6.45, 7) is 0. The van der Waals surface area contributed by atoms with Gasteiger partial charge >= 0.3 is 0 Å². The van der Waals surface area contributed by atoms with Crippen LogP contribution in [0, 0.1) is 0 Å². The van der Waals surface area contributed by atoms with Gasteiger partial charge in [0.1, 0.15) is 11.9 Å². The zero-order valence-electron chi connectivity index (χ0n) is 10.3. The van der Waals surface area contributed by atoms with Crippen LogP contribution in [0.1, 0.15) is 30.2 Å². The Morgan fingerprint density at radius 3 is 2.89 bits per heavy atom. The Hall–Kier alpha value is -1.81. The summed E-state index contributed by atoms with van der Waals surface area (Å²) >= 11 is 0. The Morgan fingerprint density at radius 2 is 2.22 bits per heavy atom. The molecule has 1 atom stereocenters. The maximum atomic E-state index is 10.2. The van der Waals surface area contributed by atoms with E-state index in [9.17, 15) is 5.11 Å². The van der Waals surface area contributed by atoms with E-state index in [1.165, 1.54) is 0 Å². The minimum atomic E-state index is -0.700. The number of ether oxygens (including phenoxy) is 1. The lowest BCUT2D eigenvalue weighted by atomic mass is 10.1. The van der Waals surface area contributed by atoms with Gasteiger partial charge < -0.3 is 9.84 Å². The van der Waals surface area contributed by atoms with Crippen LogP contribution in [-0.2, 0) is 7.05 Å². The van der Waals surface area contributed by atoms with E-state index < -0.39 is 6.10 Å². The van der Waals surface area contributed by atoms with Crippen molar-refractivity contribution in [2.24, 2.45) is 7.05 Å². The van der Waals surface area contributed by atoms with Crippen LogP contribution in [0.5, 0.6) is 5.75 Å². The highest BCUT2D eigenvalue weighted by Crippen LogP contribution is 2.29. The number of aromatic nitrogens is 2. The molecule has 0 spiro atoms. The summed E-state index contributed by atoms with van der Waals surface area (Å²) in [5, 5.41) is 14.5. The Balaban J connectivity index is 1.81. The summed E-state index contributed by atoms with van der Waals surface area (Å²) in [5.74, 6) is 0.824. The molecule has 0 radical (unpaired) electrons. The zero-order valence-corrected chi connectivity index (χ0v) is 10.3. The number of benzene rings is 1. The minimum Gasteiger partial charge on any atom is -0.490 e. The summed E-state index contributed by atoms with van der Waals surface area (Å²) in [5.41, 5.74) is 1.47. The van der Waals surface area contributed by atoms with E-state index in [0.29, 0.717) is 11.8 Å². The maximum Gasteiger partial charge on any atom is 0.123 e. The topological polar surface area (TPSA) is 47.3 Å². The summed E-state index contributed by atoms with van der Waals surface area (Å²) in [6.07, 6.45) is 3.75. The third-order valence-electron chi connectivity index (χ3n) is 3.02. The molecule has 3 rings (SSSR count). The lowest BCUT2D eigenvalue weighted by molar-refractivity contribution is 0.213. The highest BCUT2D eigenvalue weighted by atomic mass is 16.5. The van der Waals surface area contributed by atoms with Crippen molar-refractivity contribution in [3.05, 3.63) is 47.8 Å². The Kier molecular flexibility index (Phi) is 2.80. The second-order valence-corrected chi connectivity index (χ2v) is 4.71. The first-order valence-electron chi connectivity index (χ1n) is 6.16. The fourth-order valence-electron chi connectivity index (χ4n) is 1.89. The SMILES string of the molecule is Cn1ccc(C(O)c2cccc(OC3CC3)c2)n1. The number of nitrogens with zero attached hydrogens (tertiary/aromatic N) is 2. The molecular formula is C14H16N2O2. The predicted molar refractivity (Wildman–Crippen MR) is 67.4 cm³/mol. The summed E-state index contributed by atoms with van der Waals surface area (Å²) in [4.78, 5) is 0. The summed E-state index contributed by atoms with van der Waals surface area (Å²) in [7, 11) is 1.84. The van der Waals surface area contributed by atoms with Gasteiger partial charge in [-0.25, -0.2) is 0 Å². The van der Waals surface area contributed by atoms with E-state index in [0.717, 1.165) is 24.2 Å². The molecule has 1 N–H and O–H groups in total. The smallest absolute Gasteiger partial charge is 0.123 e. The number of aryl methyl sites for hydroxylation is 1. The van der Waals surface area contributed by atoms with Crippen molar-refractivity contribution in [3.63, 3.8) is 0 Å². The van der Waals surface area contributed by atoms with Gasteiger partial charge in [-0.05, 0) is 36.6 Å². The first-order valence-corrected chi connectivity index (χ1v) is 6.16. The Morgan fingerprint density at radius 1 is 1.39 bits per heavy atom. The quantitative estimate of drug-likeness (QED) is 0.895.